The highest BCUT2D eigenvalue weighted by atomic mass is 16.6. The van der Waals surface area contributed by atoms with Gasteiger partial charge in [0, 0.05) is 6.54 Å². The number of carbonyl (C=O) groups is 1. The second kappa shape index (κ2) is 8.35. The Morgan fingerprint density at radius 2 is 2.00 bits per heavy atom. The first-order valence-electron chi connectivity index (χ1n) is 6.95. The Morgan fingerprint density at radius 3 is 2.50 bits per heavy atom. The zero-order valence-corrected chi connectivity index (χ0v) is 12.6. The molecule has 0 aliphatic carbocycles. The zero-order valence-electron chi connectivity index (χ0n) is 12.6. The molecule has 2 atom stereocenters. The molecule has 0 aliphatic rings. The van der Waals surface area contributed by atoms with Crippen molar-refractivity contribution in [2.45, 2.75) is 60.0 Å². The van der Waals surface area contributed by atoms with Gasteiger partial charge in [-0.25, -0.2) is 4.79 Å². The van der Waals surface area contributed by atoms with Crippen molar-refractivity contribution in [3.05, 3.63) is 0 Å². The molecule has 108 valence electrons. The van der Waals surface area contributed by atoms with Crippen molar-refractivity contribution in [2.24, 2.45) is 17.1 Å². The topological polar surface area (TPSA) is 64.3 Å². The lowest BCUT2D eigenvalue weighted by Gasteiger charge is -2.26. The fraction of sp³-hybridized carbons (Fsp3) is 0.929. The molecule has 4 heteroatoms. The van der Waals surface area contributed by atoms with Crippen LogP contribution in [-0.2, 0) is 4.74 Å². The third kappa shape index (κ3) is 8.34. The number of nitrogens with two attached hydrogens (primary N) is 1. The molecule has 0 saturated carbocycles. The molecule has 2 unspecified atom stereocenters. The summed E-state index contributed by atoms with van der Waals surface area (Å²) in [5, 5.41) is 2.84. The Kier molecular flexibility index (Phi) is 8.00. The van der Waals surface area contributed by atoms with Crippen LogP contribution in [0.25, 0.3) is 0 Å². The molecule has 4 nitrogen and oxygen atoms in total. The maximum absolute atomic E-state index is 11.5. The first kappa shape index (κ1) is 17.2. The fourth-order valence-corrected chi connectivity index (χ4v) is 1.46. The summed E-state index contributed by atoms with van der Waals surface area (Å²) in [5.74, 6) is 0.538. The fourth-order valence-electron chi connectivity index (χ4n) is 1.46. The predicted molar refractivity (Wildman–Crippen MR) is 75.5 cm³/mol. The summed E-state index contributed by atoms with van der Waals surface area (Å²) in [6.07, 6.45) is 2.64. The summed E-state index contributed by atoms with van der Waals surface area (Å²) in [6, 6.07) is 0. The molecule has 1 amide bonds. The summed E-state index contributed by atoms with van der Waals surface area (Å²) < 4.78 is 5.17. The van der Waals surface area contributed by atoms with E-state index in [0.717, 1.165) is 25.8 Å². The Hall–Kier alpha value is -0.770. The van der Waals surface area contributed by atoms with E-state index < -0.39 is 0 Å². The maximum atomic E-state index is 11.5. The summed E-state index contributed by atoms with van der Waals surface area (Å²) in [7, 11) is 0. The van der Waals surface area contributed by atoms with Crippen molar-refractivity contribution >= 4 is 6.09 Å². The molecule has 0 saturated heterocycles. The van der Waals surface area contributed by atoms with Gasteiger partial charge >= 0.3 is 6.09 Å². The highest BCUT2D eigenvalue weighted by Crippen LogP contribution is 2.23. The summed E-state index contributed by atoms with van der Waals surface area (Å²) >= 11 is 0. The van der Waals surface area contributed by atoms with Crippen LogP contribution in [-0.4, -0.2) is 25.3 Å². The average Bonchev–Trinajstić information content (AvgIpc) is 2.33. The van der Waals surface area contributed by atoms with Crippen molar-refractivity contribution in [1.29, 1.82) is 0 Å². The molecule has 18 heavy (non-hydrogen) atoms. The highest BCUT2D eigenvalue weighted by Gasteiger charge is 2.20. The molecular weight excluding hydrogens is 228 g/mol. The minimum atomic E-state index is -0.315. The normalized spacial score (nSPS) is 15.0. The molecule has 0 fully saturated rings. The van der Waals surface area contributed by atoms with E-state index in [9.17, 15) is 4.79 Å². The molecule has 3 N–H and O–H groups in total. The van der Waals surface area contributed by atoms with Crippen LogP contribution < -0.4 is 11.1 Å². The van der Waals surface area contributed by atoms with Crippen LogP contribution in [0.4, 0.5) is 4.79 Å². The van der Waals surface area contributed by atoms with Crippen molar-refractivity contribution in [2.75, 3.05) is 13.1 Å². The number of ether oxygens (including phenoxy) is 1. The van der Waals surface area contributed by atoms with Gasteiger partial charge in [-0.3, -0.25) is 0 Å². The van der Waals surface area contributed by atoms with Crippen LogP contribution >= 0.6 is 0 Å². The first-order valence-corrected chi connectivity index (χ1v) is 6.95. The Labute approximate surface area is 112 Å². The third-order valence-corrected chi connectivity index (χ3v) is 3.31. The number of nitrogens with one attached hydrogen (secondary N) is 1. The summed E-state index contributed by atoms with van der Waals surface area (Å²) in [5.41, 5.74) is 5.69. The van der Waals surface area contributed by atoms with E-state index in [2.05, 4.69) is 26.1 Å². The van der Waals surface area contributed by atoms with Gasteiger partial charge in [-0.05, 0) is 44.1 Å². The van der Waals surface area contributed by atoms with Gasteiger partial charge in [0.1, 0.15) is 6.10 Å². The Balaban J connectivity index is 3.91. The minimum Gasteiger partial charge on any atom is -0.447 e. The molecule has 0 spiro atoms. The van der Waals surface area contributed by atoms with Crippen LogP contribution in [0.3, 0.4) is 0 Å². The highest BCUT2D eigenvalue weighted by molar-refractivity contribution is 5.67. The number of rotatable bonds is 8. The third-order valence-electron chi connectivity index (χ3n) is 3.31. The Morgan fingerprint density at radius 1 is 1.39 bits per heavy atom. The largest absolute Gasteiger partial charge is 0.447 e. The SMILES string of the molecule is CCC(C)OC(=O)NCC(C)(C)CCC(C)CN. The summed E-state index contributed by atoms with van der Waals surface area (Å²) in [4.78, 5) is 11.5. The minimum absolute atomic E-state index is 0.0228. The number of hydrogen-bond acceptors (Lipinski definition) is 3. The van der Waals surface area contributed by atoms with E-state index in [1.165, 1.54) is 0 Å². The van der Waals surface area contributed by atoms with E-state index in [1.807, 2.05) is 13.8 Å². The van der Waals surface area contributed by atoms with Gasteiger partial charge in [-0.15, -0.1) is 0 Å². The lowest BCUT2D eigenvalue weighted by molar-refractivity contribution is 0.101. The molecule has 0 aromatic heterocycles. The van der Waals surface area contributed by atoms with Crippen LogP contribution in [0, 0.1) is 11.3 Å². The maximum Gasteiger partial charge on any atom is 0.407 e. The monoisotopic (exact) mass is 258 g/mol. The average molecular weight is 258 g/mol. The Bertz CT molecular complexity index is 242. The molecule has 0 radical (unpaired) electrons. The zero-order chi connectivity index (χ0) is 14.2. The quantitative estimate of drug-likeness (QED) is 0.703. The van der Waals surface area contributed by atoms with Crippen LogP contribution in [0.2, 0.25) is 0 Å². The van der Waals surface area contributed by atoms with Crippen molar-refractivity contribution < 1.29 is 9.53 Å². The van der Waals surface area contributed by atoms with Crippen molar-refractivity contribution in [3.63, 3.8) is 0 Å². The van der Waals surface area contributed by atoms with Gasteiger partial charge < -0.3 is 15.8 Å². The molecule has 0 aliphatic heterocycles. The first-order chi connectivity index (χ1) is 8.30. The van der Waals surface area contributed by atoms with Gasteiger partial charge in [0.2, 0.25) is 0 Å². The van der Waals surface area contributed by atoms with Gasteiger partial charge in [-0.2, -0.15) is 0 Å². The standard InChI is InChI=1S/C14H30N2O2/c1-6-12(3)18-13(17)16-10-14(4,5)8-7-11(2)9-15/h11-12H,6-10,15H2,1-5H3,(H,16,17). The van der Waals surface area contributed by atoms with Crippen LogP contribution in [0.5, 0.6) is 0 Å². The van der Waals surface area contributed by atoms with Gasteiger partial charge in [0.05, 0.1) is 0 Å². The van der Waals surface area contributed by atoms with Gasteiger partial charge in [0.25, 0.3) is 0 Å². The van der Waals surface area contributed by atoms with E-state index in [4.69, 9.17) is 10.5 Å². The molecule has 0 bridgehead atoms. The van der Waals surface area contributed by atoms with Crippen LogP contribution in [0.1, 0.15) is 53.9 Å². The van der Waals surface area contributed by atoms with Crippen molar-refractivity contribution in [3.8, 4) is 0 Å². The van der Waals surface area contributed by atoms with Gasteiger partial charge in [-0.1, -0.05) is 27.7 Å². The molecular formula is C14H30N2O2. The van der Waals surface area contributed by atoms with Crippen LogP contribution in [0.15, 0.2) is 0 Å². The van der Waals surface area contributed by atoms with E-state index in [1.54, 1.807) is 0 Å². The summed E-state index contributed by atoms with van der Waals surface area (Å²) in [6.45, 7) is 11.7. The smallest absolute Gasteiger partial charge is 0.407 e. The molecule has 0 aromatic carbocycles. The lowest BCUT2D eigenvalue weighted by Crippen LogP contribution is -2.36. The second-order valence-electron chi connectivity index (χ2n) is 6.02. The number of carbonyl (C=O) groups excluding carboxylic acids is 1. The number of hydrogen-bond donors (Lipinski definition) is 2. The van der Waals surface area contributed by atoms with Crippen molar-refractivity contribution in [1.82, 2.24) is 5.32 Å². The van der Waals surface area contributed by atoms with Gasteiger partial charge in [0.15, 0.2) is 0 Å². The van der Waals surface area contributed by atoms with E-state index >= 15 is 0 Å². The second-order valence-corrected chi connectivity index (χ2v) is 6.02. The van der Waals surface area contributed by atoms with E-state index in [-0.39, 0.29) is 17.6 Å². The molecule has 0 aromatic rings. The van der Waals surface area contributed by atoms with E-state index in [0.29, 0.717) is 12.5 Å². The predicted octanol–water partition coefficient (Wildman–Crippen LogP) is 2.91. The molecule has 0 heterocycles. The number of alkyl carbamates (subject to hydrolysis) is 1. The lowest BCUT2D eigenvalue weighted by atomic mass is 9.85. The number of amides is 1. The molecule has 0 rings (SSSR count).